The number of aromatic nitrogens is 2. The van der Waals surface area contributed by atoms with Gasteiger partial charge >= 0.3 is 0 Å². The van der Waals surface area contributed by atoms with Gasteiger partial charge in [0, 0.05) is 5.56 Å². The normalized spacial score (nSPS) is 11.5. The van der Waals surface area contributed by atoms with Crippen LogP contribution in [-0.2, 0) is 0 Å². The van der Waals surface area contributed by atoms with Crippen molar-refractivity contribution >= 4 is 22.7 Å². The average Bonchev–Trinajstić information content (AvgIpc) is 3.06. The van der Waals surface area contributed by atoms with E-state index >= 15 is 0 Å². The van der Waals surface area contributed by atoms with Crippen LogP contribution in [-0.4, -0.2) is 17.3 Å². The summed E-state index contributed by atoms with van der Waals surface area (Å²) in [5.41, 5.74) is 1.78. The van der Waals surface area contributed by atoms with E-state index in [1.165, 1.54) is 0 Å². The largest absolute Gasteiger partial charge is 0.497 e. The van der Waals surface area contributed by atoms with Crippen molar-refractivity contribution in [2.75, 3.05) is 7.11 Å². The predicted octanol–water partition coefficient (Wildman–Crippen LogP) is 4.48. The molecule has 3 rings (SSSR count). The first-order chi connectivity index (χ1) is 10.8. The lowest BCUT2D eigenvalue weighted by Gasteiger charge is -1.99. The Kier molecular flexibility index (Phi) is 4.21. The molecule has 0 saturated carbocycles. The molecule has 0 aliphatic heterocycles. The van der Waals surface area contributed by atoms with Crippen LogP contribution < -0.4 is 4.74 Å². The fraction of sp³-hybridized carbons (Fsp3) is 0.0588. The van der Waals surface area contributed by atoms with E-state index in [-0.39, 0.29) is 5.89 Å². The first-order valence-corrected chi connectivity index (χ1v) is 7.04. The van der Waals surface area contributed by atoms with Crippen molar-refractivity contribution in [1.82, 2.24) is 10.2 Å². The Morgan fingerprint density at radius 3 is 2.45 bits per heavy atom. The second-order valence-corrected chi connectivity index (χ2v) is 4.95. The third-order valence-electron chi connectivity index (χ3n) is 3.06. The zero-order chi connectivity index (χ0) is 15.4. The van der Waals surface area contributed by atoms with Crippen LogP contribution in [0.3, 0.4) is 0 Å². The SMILES string of the molecule is COc1ccc(/C=C(\Cl)c2nnc(-c3ccccc3)o2)cc1. The number of halogens is 1. The summed E-state index contributed by atoms with van der Waals surface area (Å²) in [7, 11) is 1.63. The molecular weight excluding hydrogens is 300 g/mol. The van der Waals surface area contributed by atoms with Gasteiger partial charge in [-0.3, -0.25) is 0 Å². The molecule has 2 aromatic carbocycles. The van der Waals surface area contributed by atoms with Gasteiger partial charge in [0.2, 0.25) is 5.89 Å². The maximum atomic E-state index is 6.25. The van der Waals surface area contributed by atoms with Gasteiger partial charge < -0.3 is 9.15 Å². The smallest absolute Gasteiger partial charge is 0.259 e. The average molecular weight is 313 g/mol. The molecule has 0 saturated heterocycles. The van der Waals surface area contributed by atoms with Crippen LogP contribution in [0.5, 0.6) is 5.75 Å². The van der Waals surface area contributed by atoms with Crippen LogP contribution in [0.1, 0.15) is 11.5 Å². The molecule has 0 spiro atoms. The standard InChI is InChI=1S/C17H13ClN2O2/c1-21-14-9-7-12(8-10-14)11-15(18)17-20-19-16(22-17)13-5-3-2-4-6-13/h2-11H,1H3/b15-11-. The van der Waals surface area contributed by atoms with Gasteiger partial charge in [-0.05, 0) is 35.9 Å². The van der Waals surface area contributed by atoms with E-state index in [2.05, 4.69) is 10.2 Å². The second-order valence-electron chi connectivity index (χ2n) is 4.54. The van der Waals surface area contributed by atoms with Crippen molar-refractivity contribution in [3.8, 4) is 17.2 Å². The summed E-state index contributed by atoms with van der Waals surface area (Å²) < 4.78 is 10.7. The van der Waals surface area contributed by atoms with Crippen molar-refractivity contribution < 1.29 is 9.15 Å². The lowest BCUT2D eigenvalue weighted by Crippen LogP contribution is -1.82. The van der Waals surface area contributed by atoms with Gasteiger partial charge in [-0.25, -0.2) is 0 Å². The fourth-order valence-electron chi connectivity index (χ4n) is 1.93. The van der Waals surface area contributed by atoms with Crippen molar-refractivity contribution in [2.45, 2.75) is 0 Å². The number of benzene rings is 2. The Bertz CT molecular complexity index is 780. The van der Waals surface area contributed by atoms with E-state index in [4.69, 9.17) is 20.8 Å². The summed E-state index contributed by atoms with van der Waals surface area (Å²) in [4.78, 5) is 0. The van der Waals surface area contributed by atoms with Crippen molar-refractivity contribution in [2.24, 2.45) is 0 Å². The van der Waals surface area contributed by atoms with Crippen molar-refractivity contribution in [1.29, 1.82) is 0 Å². The highest BCUT2D eigenvalue weighted by Crippen LogP contribution is 2.25. The van der Waals surface area contributed by atoms with Crippen LogP contribution in [0, 0.1) is 0 Å². The number of methoxy groups -OCH3 is 1. The van der Waals surface area contributed by atoms with Gasteiger partial charge in [-0.15, -0.1) is 10.2 Å². The minimum Gasteiger partial charge on any atom is -0.497 e. The van der Waals surface area contributed by atoms with Gasteiger partial charge in [-0.2, -0.15) is 0 Å². The van der Waals surface area contributed by atoms with E-state index in [0.717, 1.165) is 16.9 Å². The van der Waals surface area contributed by atoms with Crippen LogP contribution in [0.2, 0.25) is 0 Å². The molecule has 0 fully saturated rings. The Morgan fingerprint density at radius 1 is 1.05 bits per heavy atom. The summed E-state index contributed by atoms with van der Waals surface area (Å²) in [6.07, 6.45) is 1.77. The minimum atomic E-state index is 0.288. The first-order valence-electron chi connectivity index (χ1n) is 6.67. The molecule has 1 heterocycles. The minimum absolute atomic E-state index is 0.288. The van der Waals surface area contributed by atoms with Gasteiger partial charge in [0.25, 0.3) is 5.89 Å². The zero-order valence-corrected chi connectivity index (χ0v) is 12.6. The number of hydrogen-bond acceptors (Lipinski definition) is 4. The van der Waals surface area contributed by atoms with Gasteiger partial charge in [0.1, 0.15) is 10.8 Å². The Labute approximate surface area is 133 Å². The fourth-order valence-corrected chi connectivity index (χ4v) is 2.13. The number of ether oxygens (including phenoxy) is 1. The second kappa shape index (κ2) is 6.45. The Balaban J connectivity index is 1.84. The molecule has 0 radical (unpaired) electrons. The maximum absolute atomic E-state index is 6.25. The first kappa shape index (κ1) is 14.4. The summed E-state index contributed by atoms with van der Waals surface area (Å²) in [6, 6.07) is 17.1. The number of hydrogen-bond donors (Lipinski definition) is 0. The van der Waals surface area contributed by atoms with E-state index in [0.29, 0.717) is 10.9 Å². The molecule has 1 aromatic heterocycles. The summed E-state index contributed by atoms with van der Waals surface area (Å²) in [6.45, 7) is 0. The van der Waals surface area contributed by atoms with Crippen LogP contribution in [0.4, 0.5) is 0 Å². The molecule has 0 aliphatic rings. The molecule has 0 unspecified atom stereocenters. The highest BCUT2D eigenvalue weighted by Gasteiger charge is 2.10. The van der Waals surface area contributed by atoms with Crippen molar-refractivity contribution in [3.63, 3.8) is 0 Å². The summed E-state index contributed by atoms with van der Waals surface area (Å²) in [5.74, 6) is 1.52. The Morgan fingerprint density at radius 2 is 1.77 bits per heavy atom. The number of rotatable bonds is 4. The molecule has 3 aromatic rings. The van der Waals surface area contributed by atoms with E-state index in [1.54, 1.807) is 13.2 Å². The third kappa shape index (κ3) is 3.18. The van der Waals surface area contributed by atoms with Gasteiger partial charge in [-0.1, -0.05) is 41.9 Å². The Hall–Kier alpha value is -2.59. The lowest BCUT2D eigenvalue weighted by atomic mass is 10.2. The van der Waals surface area contributed by atoms with Crippen molar-refractivity contribution in [3.05, 3.63) is 66.1 Å². The molecule has 0 N–H and O–H groups in total. The van der Waals surface area contributed by atoms with E-state index < -0.39 is 0 Å². The predicted molar refractivity (Wildman–Crippen MR) is 86.5 cm³/mol. The highest BCUT2D eigenvalue weighted by atomic mass is 35.5. The molecule has 5 heteroatoms. The van der Waals surface area contributed by atoms with Crippen LogP contribution >= 0.6 is 11.6 Å². The molecule has 110 valence electrons. The molecule has 22 heavy (non-hydrogen) atoms. The van der Waals surface area contributed by atoms with Crippen LogP contribution in [0.25, 0.3) is 22.6 Å². The van der Waals surface area contributed by atoms with E-state index in [9.17, 15) is 0 Å². The zero-order valence-electron chi connectivity index (χ0n) is 11.9. The topological polar surface area (TPSA) is 48.2 Å². The molecule has 0 bridgehead atoms. The van der Waals surface area contributed by atoms with Gasteiger partial charge in [0.05, 0.1) is 7.11 Å². The monoisotopic (exact) mass is 312 g/mol. The number of nitrogens with zero attached hydrogens (tertiary/aromatic N) is 2. The molecule has 0 aliphatic carbocycles. The molecular formula is C17H13ClN2O2. The molecule has 0 atom stereocenters. The quantitative estimate of drug-likeness (QED) is 0.712. The van der Waals surface area contributed by atoms with Crippen LogP contribution in [0.15, 0.2) is 59.0 Å². The molecule has 0 amide bonds. The third-order valence-corrected chi connectivity index (χ3v) is 3.33. The molecule has 4 nitrogen and oxygen atoms in total. The summed E-state index contributed by atoms with van der Waals surface area (Å²) in [5, 5.41) is 8.38. The van der Waals surface area contributed by atoms with Gasteiger partial charge in [0.15, 0.2) is 0 Å². The van der Waals surface area contributed by atoms with E-state index in [1.807, 2.05) is 54.6 Å². The maximum Gasteiger partial charge on any atom is 0.259 e. The summed E-state index contributed by atoms with van der Waals surface area (Å²) >= 11 is 6.25. The highest BCUT2D eigenvalue weighted by molar-refractivity contribution is 6.50. The lowest BCUT2D eigenvalue weighted by molar-refractivity contribution is 0.415.